The lowest BCUT2D eigenvalue weighted by Crippen LogP contribution is -2.22. The average molecular weight is 405 g/mol. The third kappa shape index (κ3) is 5.65. The van der Waals surface area contributed by atoms with E-state index in [4.69, 9.17) is 9.47 Å². The summed E-state index contributed by atoms with van der Waals surface area (Å²) in [6.45, 7) is 1.31. The summed E-state index contributed by atoms with van der Waals surface area (Å²) in [5.74, 6) is 0. The molecule has 1 saturated heterocycles. The molecule has 134 valence electrons. The highest BCUT2D eigenvalue weighted by molar-refractivity contribution is 9.10. The van der Waals surface area contributed by atoms with E-state index in [2.05, 4.69) is 22.0 Å². The number of aliphatic hydroxyl groups is 1. The van der Waals surface area contributed by atoms with Crippen molar-refractivity contribution in [1.82, 2.24) is 0 Å². The summed E-state index contributed by atoms with van der Waals surface area (Å²) in [5, 5.41) is 10.5. The fraction of sp³-hybridized carbons (Fsp3) is 0.429. The second-order valence-corrected chi connectivity index (χ2v) is 7.35. The van der Waals surface area contributed by atoms with Crippen LogP contribution in [0, 0.1) is 0 Å². The standard InChI is InChI=1S/C21H25BrO3/c22-19-9-2-1-7-17(19)11-12-20(23)18-8-5-6-16(14-18)15-25-21-10-3-4-13-24-21/h1-2,5-9,14,20-21,23H,3-4,10-13,15H2. The minimum absolute atomic E-state index is 0.0854. The Bertz CT molecular complexity index is 668. The van der Waals surface area contributed by atoms with Gasteiger partial charge in [-0.15, -0.1) is 0 Å². The third-order valence-corrected chi connectivity index (χ3v) is 5.33. The molecule has 0 amide bonds. The first kappa shape index (κ1) is 18.6. The van der Waals surface area contributed by atoms with Crippen LogP contribution in [0.2, 0.25) is 0 Å². The minimum atomic E-state index is -0.474. The summed E-state index contributed by atoms with van der Waals surface area (Å²) in [6.07, 6.45) is 4.22. The number of hydrogen-bond acceptors (Lipinski definition) is 3. The number of hydrogen-bond donors (Lipinski definition) is 1. The Balaban J connectivity index is 1.53. The Morgan fingerprint density at radius 2 is 2.04 bits per heavy atom. The first-order valence-corrected chi connectivity index (χ1v) is 9.75. The molecule has 1 aliphatic heterocycles. The summed E-state index contributed by atoms with van der Waals surface area (Å²) in [6, 6.07) is 16.2. The molecule has 25 heavy (non-hydrogen) atoms. The molecule has 0 bridgehead atoms. The first-order valence-electron chi connectivity index (χ1n) is 8.96. The van der Waals surface area contributed by atoms with Gasteiger partial charge in [-0.05, 0) is 54.9 Å². The molecule has 0 radical (unpaired) electrons. The van der Waals surface area contributed by atoms with Crippen molar-refractivity contribution in [2.45, 2.75) is 51.1 Å². The van der Waals surface area contributed by atoms with Crippen LogP contribution in [0.1, 0.15) is 48.5 Å². The van der Waals surface area contributed by atoms with Crippen molar-refractivity contribution < 1.29 is 14.6 Å². The van der Waals surface area contributed by atoms with E-state index in [1.165, 1.54) is 12.0 Å². The van der Waals surface area contributed by atoms with E-state index in [9.17, 15) is 5.11 Å². The summed E-state index contributed by atoms with van der Waals surface area (Å²) < 4.78 is 12.5. The van der Waals surface area contributed by atoms with E-state index in [0.29, 0.717) is 13.0 Å². The predicted octanol–water partition coefficient (Wildman–Crippen LogP) is 5.16. The molecular weight excluding hydrogens is 380 g/mol. The van der Waals surface area contributed by atoms with Crippen molar-refractivity contribution in [3.8, 4) is 0 Å². The van der Waals surface area contributed by atoms with E-state index in [1.807, 2.05) is 42.5 Å². The quantitative estimate of drug-likeness (QED) is 0.692. The van der Waals surface area contributed by atoms with E-state index < -0.39 is 6.10 Å². The van der Waals surface area contributed by atoms with Crippen LogP contribution in [0.5, 0.6) is 0 Å². The number of rotatable bonds is 7. The van der Waals surface area contributed by atoms with Gasteiger partial charge in [0, 0.05) is 11.1 Å². The maximum Gasteiger partial charge on any atom is 0.158 e. The van der Waals surface area contributed by atoms with Crippen LogP contribution in [0.25, 0.3) is 0 Å². The molecule has 1 heterocycles. The van der Waals surface area contributed by atoms with Crippen molar-refractivity contribution in [1.29, 1.82) is 0 Å². The first-order chi connectivity index (χ1) is 12.2. The van der Waals surface area contributed by atoms with Crippen LogP contribution in [0.4, 0.5) is 0 Å². The van der Waals surface area contributed by atoms with E-state index >= 15 is 0 Å². The largest absolute Gasteiger partial charge is 0.388 e. The van der Waals surface area contributed by atoms with Gasteiger partial charge in [0.25, 0.3) is 0 Å². The monoisotopic (exact) mass is 404 g/mol. The van der Waals surface area contributed by atoms with Gasteiger partial charge >= 0.3 is 0 Å². The number of halogens is 1. The van der Waals surface area contributed by atoms with Crippen molar-refractivity contribution in [2.24, 2.45) is 0 Å². The second kappa shape index (κ2) is 9.48. The Morgan fingerprint density at radius 1 is 1.16 bits per heavy atom. The highest BCUT2D eigenvalue weighted by Crippen LogP contribution is 2.24. The molecule has 1 N–H and O–H groups in total. The third-order valence-electron chi connectivity index (χ3n) is 4.55. The Kier molecular flexibility index (Phi) is 7.05. The van der Waals surface area contributed by atoms with Crippen LogP contribution in [-0.2, 0) is 22.5 Å². The topological polar surface area (TPSA) is 38.7 Å². The van der Waals surface area contributed by atoms with Crippen molar-refractivity contribution in [3.05, 3.63) is 69.7 Å². The Morgan fingerprint density at radius 3 is 2.84 bits per heavy atom. The van der Waals surface area contributed by atoms with Gasteiger partial charge in [-0.25, -0.2) is 0 Å². The van der Waals surface area contributed by atoms with Crippen molar-refractivity contribution in [3.63, 3.8) is 0 Å². The summed E-state index contributed by atoms with van der Waals surface area (Å²) in [5.41, 5.74) is 3.24. The summed E-state index contributed by atoms with van der Waals surface area (Å²) in [4.78, 5) is 0. The molecule has 4 heteroatoms. The number of aliphatic hydroxyl groups excluding tert-OH is 1. The molecule has 0 aromatic heterocycles. The molecule has 0 aliphatic carbocycles. The normalized spacial score (nSPS) is 18.9. The number of aryl methyl sites for hydroxylation is 1. The highest BCUT2D eigenvalue weighted by Gasteiger charge is 2.15. The van der Waals surface area contributed by atoms with Crippen LogP contribution in [0.3, 0.4) is 0 Å². The Labute approximate surface area is 158 Å². The van der Waals surface area contributed by atoms with E-state index in [1.54, 1.807) is 0 Å². The molecule has 1 fully saturated rings. The molecule has 1 aliphatic rings. The molecule has 3 rings (SSSR count). The number of benzene rings is 2. The summed E-state index contributed by atoms with van der Waals surface area (Å²) >= 11 is 3.56. The highest BCUT2D eigenvalue weighted by atomic mass is 79.9. The molecule has 2 unspecified atom stereocenters. The lowest BCUT2D eigenvalue weighted by molar-refractivity contribution is -0.168. The van der Waals surface area contributed by atoms with Crippen LogP contribution in [-0.4, -0.2) is 18.0 Å². The van der Waals surface area contributed by atoms with Crippen LogP contribution in [0.15, 0.2) is 53.0 Å². The lowest BCUT2D eigenvalue weighted by Gasteiger charge is -2.23. The lowest BCUT2D eigenvalue weighted by atomic mass is 10.00. The fourth-order valence-corrected chi connectivity index (χ4v) is 3.57. The van der Waals surface area contributed by atoms with Crippen LogP contribution < -0.4 is 0 Å². The molecule has 2 aromatic rings. The minimum Gasteiger partial charge on any atom is -0.388 e. The van der Waals surface area contributed by atoms with E-state index in [0.717, 1.165) is 41.5 Å². The molecule has 2 aromatic carbocycles. The van der Waals surface area contributed by atoms with Gasteiger partial charge in [0.05, 0.1) is 12.7 Å². The zero-order valence-electron chi connectivity index (χ0n) is 14.4. The van der Waals surface area contributed by atoms with E-state index in [-0.39, 0.29) is 6.29 Å². The van der Waals surface area contributed by atoms with Gasteiger partial charge in [0.1, 0.15) is 0 Å². The van der Waals surface area contributed by atoms with Gasteiger partial charge in [-0.1, -0.05) is 58.4 Å². The zero-order valence-corrected chi connectivity index (χ0v) is 16.0. The Hall–Kier alpha value is -1.20. The average Bonchev–Trinajstić information content (AvgIpc) is 2.66. The van der Waals surface area contributed by atoms with Gasteiger partial charge in [-0.2, -0.15) is 0 Å². The SMILES string of the molecule is OC(CCc1ccccc1Br)c1cccc(COC2CCCCO2)c1. The maximum absolute atomic E-state index is 10.5. The fourth-order valence-electron chi connectivity index (χ4n) is 3.08. The summed E-state index contributed by atoms with van der Waals surface area (Å²) in [7, 11) is 0. The second-order valence-electron chi connectivity index (χ2n) is 6.50. The molecule has 2 atom stereocenters. The molecule has 0 spiro atoms. The van der Waals surface area contributed by atoms with Gasteiger partial charge in [0.15, 0.2) is 6.29 Å². The molecule has 3 nitrogen and oxygen atoms in total. The van der Waals surface area contributed by atoms with Gasteiger partial charge in [0.2, 0.25) is 0 Å². The van der Waals surface area contributed by atoms with Crippen molar-refractivity contribution in [2.75, 3.05) is 6.61 Å². The zero-order chi connectivity index (χ0) is 17.5. The van der Waals surface area contributed by atoms with Gasteiger partial charge < -0.3 is 14.6 Å². The number of ether oxygens (including phenoxy) is 2. The smallest absolute Gasteiger partial charge is 0.158 e. The van der Waals surface area contributed by atoms with Crippen molar-refractivity contribution >= 4 is 15.9 Å². The maximum atomic E-state index is 10.5. The molecule has 0 saturated carbocycles. The van der Waals surface area contributed by atoms with Crippen LogP contribution >= 0.6 is 15.9 Å². The van der Waals surface area contributed by atoms with Gasteiger partial charge in [-0.3, -0.25) is 0 Å². The predicted molar refractivity (Wildman–Crippen MR) is 102 cm³/mol. The molecular formula is C21H25BrO3.